The molecule has 7 nitrogen and oxygen atoms in total. The van der Waals surface area contributed by atoms with Gasteiger partial charge >= 0.3 is 5.97 Å². The molecule has 2 heterocycles. The molecule has 5 rings (SSSR count). The summed E-state index contributed by atoms with van der Waals surface area (Å²) in [6, 6.07) is 13.6. The minimum atomic E-state index is -0.440. The summed E-state index contributed by atoms with van der Waals surface area (Å²) in [6.07, 6.45) is 1.63. The van der Waals surface area contributed by atoms with E-state index in [1.165, 1.54) is 24.0 Å². The summed E-state index contributed by atoms with van der Waals surface area (Å²) < 4.78 is 11.5. The normalized spacial score (nSPS) is 12.2. The van der Waals surface area contributed by atoms with Crippen molar-refractivity contribution in [3.05, 3.63) is 64.2 Å². The number of aromatic amines is 1. The molecule has 0 saturated heterocycles. The zero-order chi connectivity index (χ0) is 22.2. The van der Waals surface area contributed by atoms with Gasteiger partial charge in [0.25, 0.3) is 5.91 Å². The van der Waals surface area contributed by atoms with Crippen molar-refractivity contribution in [1.29, 1.82) is 0 Å². The number of nitrogens with one attached hydrogen (secondary N) is 2. The van der Waals surface area contributed by atoms with Gasteiger partial charge < -0.3 is 14.8 Å². The van der Waals surface area contributed by atoms with Crippen LogP contribution in [-0.2, 0) is 17.6 Å². The molecule has 0 aliphatic heterocycles. The summed E-state index contributed by atoms with van der Waals surface area (Å²) in [4.78, 5) is 25.6. The summed E-state index contributed by atoms with van der Waals surface area (Å²) in [5, 5.41) is 11.1. The van der Waals surface area contributed by atoms with Gasteiger partial charge in [0.2, 0.25) is 0 Å². The third-order valence-electron chi connectivity index (χ3n) is 5.57. The maximum absolute atomic E-state index is 13.1. The molecule has 8 heteroatoms. The molecule has 32 heavy (non-hydrogen) atoms. The van der Waals surface area contributed by atoms with Crippen molar-refractivity contribution in [2.45, 2.75) is 19.8 Å². The van der Waals surface area contributed by atoms with E-state index in [1.807, 2.05) is 43.3 Å². The topological polar surface area (TPSA) is 93.3 Å². The van der Waals surface area contributed by atoms with Crippen molar-refractivity contribution in [3.63, 3.8) is 0 Å². The number of anilines is 1. The number of hydrogen-bond acceptors (Lipinski definition) is 6. The minimum Gasteiger partial charge on any atom is -0.491 e. The van der Waals surface area contributed by atoms with Gasteiger partial charge in [0.1, 0.15) is 5.69 Å². The maximum Gasteiger partial charge on any atom is 0.351 e. The van der Waals surface area contributed by atoms with Gasteiger partial charge in [-0.2, -0.15) is 5.10 Å². The number of ether oxygens (including phenoxy) is 2. The third kappa shape index (κ3) is 3.33. The number of esters is 1. The quantitative estimate of drug-likeness (QED) is 0.428. The first kappa shape index (κ1) is 20.3. The number of benzene rings is 2. The van der Waals surface area contributed by atoms with Gasteiger partial charge in [-0.15, -0.1) is 11.3 Å². The molecule has 1 amide bonds. The lowest BCUT2D eigenvalue weighted by atomic mass is 9.89. The van der Waals surface area contributed by atoms with Crippen LogP contribution in [0.3, 0.4) is 0 Å². The summed E-state index contributed by atoms with van der Waals surface area (Å²) in [5.41, 5.74) is 5.16. The second kappa shape index (κ2) is 8.12. The first-order valence-corrected chi connectivity index (χ1v) is 11.2. The van der Waals surface area contributed by atoms with Crippen LogP contribution in [0.5, 0.6) is 5.75 Å². The molecule has 0 radical (unpaired) electrons. The van der Waals surface area contributed by atoms with Crippen molar-refractivity contribution < 1.29 is 19.1 Å². The first-order chi connectivity index (χ1) is 15.6. The molecule has 4 aromatic rings. The maximum atomic E-state index is 13.1. The minimum absolute atomic E-state index is 0.251. The van der Waals surface area contributed by atoms with E-state index in [0.717, 1.165) is 39.7 Å². The Kier molecular flexibility index (Phi) is 5.14. The fraction of sp³-hybridized carbons (Fsp3) is 0.208. The number of carbonyl (C=O) groups is 2. The Bertz CT molecular complexity index is 1350. The van der Waals surface area contributed by atoms with Gasteiger partial charge in [-0.3, -0.25) is 9.89 Å². The number of aromatic nitrogens is 2. The first-order valence-electron chi connectivity index (χ1n) is 10.3. The third-order valence-corrected chi connectivity index (χ3v) is 6.70. The number of rotatable bonds is 5. The molecule has 0 atom stereocenters. The van der Waals surface area contributed by atoms with Crippen LogP contribution in [-0.4, -0.2) is 35.8 Å². The van der Waals surface area contributed by atoms with Crippen molar-refractivity contribution in [3.8, 4) is 17.0 Å². The van der Waals surface area contributed by atoms with Gasteiger partial charge in [0.05, 0.1) is 19.4 Å². The van der Waals surface area contributed by atoms with E-state index in [2.05, 4.69) is 21.6 Å². The van der Waals surface area contributed by atoms with Gasteiger partial charge in [0.15, 0.2) is 10.6 Å². The number of thiophene rings is 1. The lowest BCUT2D eigenvalue weighted by Crippen LogP contribution is -2.15. The fourth-order valence-corrected chi connectivity index (χ4v) is 5.16. The lowest BCUT2D eigenvalue weighted by Gasteiger charge is -2.15. The number of aryl methyl sites for hydroxylation is 1. The van der Waals surface area contributed by atoms with Crippen LogP contribution in [0.2, 0.25) is 0 Å². The molecule has 162 valence electrons. The van der Waals surface area contributed by atoms with Crippen LogP contribution in [0.25, 0.3) is 21.3 Å². The van der Waals surface area contributed by atoms with Crippen LogP contribution in [0.1, 0.15) is 38.2 Å². The van der Waals surface area contributed by atoms with E-state index in [1.54, 1.807) is 0 Å². The molecule has 2 aromatic heterocycles. The number of H-pyrrole nitrogens is 1. The predicted octanol–water partition coefficient (Wildman–Crippen LogP) is 4.83. The average Bonchev–Trinajstić information content (AvgIpc) is 3.41. The Morgan fingerprint density at radius 1 is 1.19 bits per heavy atom. The number of fused-ring (bicyclic) bond motifs is 4. The highest BCUT2D eigenvalue weighted by Crippen LogP contribution is 2.40. The monoisotopic (exact) mass is 447 g/mol. The van der Waals surface area contributed by atoms with Crippen LogP contribution < -0.4 is 10.1 Å². The van der Waals surface area contributed by atoms with E-state index in [9.17, 15) is 9.59 Å². The van der Waals surface area contributed by atoms with Gasteiger partial charge in [-0.25, -0.2) is 4.79 Å². The largest absolute Gasteiger partial charge is 0.491 e. The summed E-state index contributed by atoms with van der Waals surface area (Å²) in [7, 11) is 1.34. The van der Waals surface area contributed by atoms with Crippen molar-refractivity contribution >= 4 is 39.0 Å². The molecule has 0 bridgehead atoms. The molecule has 0 spiro atoms. The molecule has 1 aliphatic rings. The Balaban J connectivity index is 1.47. The van der Waals surface area contributed by atoms with Crippen molar-refractivity contribution in [2.24, 2.45) is 0 Å². The Morgan fingerprint density at radius 3 is 2.84 bits per heavy atom. The Morgan fingerprint density at radius 2 is 2.03 bits per heavy atom. The zero-order valence-electron chi connectivity index (χ0n) is 17.7. The van der Waals surface area contributed by atoms with Crippen LogP contribution in [0.4, 0.5) is 5.69 Å². The predicted molar refractivity (Wildman–Crippen MR) is 124 cm³/mol. The second-order valence-electron chi connectivity index (χ2n) is 7.43. The Labute approximate surface area is 188 Å². The highest BCUT2D eigenvalue weighted by molar-refractivity contribution is 7.21. The molecule has 2 aromatic carbocycles. The second-order valence-corrected chi connectivity index (χ2v) is 8.49. The summed E-state index contributed by atoms with van der Waals surface area (Å²) >= 11 is 1.31. The lowest BCUT2D eigenvalue weighted by molar-refractivity contribution is 0.0602. The van der Waals surface area contributed by atoms with Crippen LogP contribution in [0, 0.1) is 0 Å². The average molecular weight is 448 g/mol. The number of methoxy groups -OCH3 is 1. The highest BCUT2D eigenvalue weighted by Gasteiger charge is 2.25. The van der Waals surface area contributed by atoms with Crippen LogP contribution >= 0.6 is 11.3 Å². The molecule has 2 N–H and O–H groups in total. The van der Waals surface area contributed by atoms with E-state index >= 15 is 0 Å². The smallest absolute Gasteiger partial charge is 0.351 e. The van der Waals surface area contributed by atoms with E-state index < -0.39 is 5.97 Å². The van der Waals surface area contributed by atoms with E-state index in [0.29, 0.717) is 28.6 Å². The number of carbonyl (C=O) groups excluding carboxylic acids is 2. The van der Waals surface area contributed by atoms with Gasteiger partial charge in [-0.05, 0) is 43.5 Å². The number of hydrogen-bond donors (Lipinski definition) is 2. The molecular formula is C24H21N3O4S. The zero-order valence-corrected chi connectivity index (χ0v) is 18.5. The standard InChI is InChI=1S/C24H21N3O4S/c1-3-31-21-17-12-14(9-11-18(17)32-22(21)24(29)30-2)25-23(28)20-16-10-8-13-6-4-5-7-15(13)19(16)26-27-20/h4-7,9,11-12H,3,8,10H2,1-2H3,(H,25,28)(H,26,27). The molecule has 0 fully saturated rings. The molecule has 0 unspecified atom stereocenters. The highest BCUT2D eigenvalue weighted by atomic mass is 32.1. The van der Waals surface area contributed by atoms with Crippen molar-refractivity contribution in [2.75, 3.05) is 19.0 Å². The van der Waals surface area contributed by atoms with Crippen LogP contribution in [0.15, 0.2) is 42.5 Å². The molecular weight excluding hydrogens is 426 g/mol. The molecule has 1 aliphatic carbocycles. The fourth-order valence-electron chi connectivity index (χ4n) is 4.11. The Hall–Kier alpha value is -3.65. The van der Waals surface area contributed by atoms with Crippen molar-refractivity contribution in [1.82, 2.24) is 10.2 Å². The summed E-state index contributed by atoms with van der Waals surface area (Å²) in [5.74, 6) is -0.213. The van der Waals surface area contributed by atoms with E-state index in [4.69, 9.17) is 9.47 Å². The van der Waals surface area contributed by atoms with Gasteiger partial charge in [-0.1, -0.05) is 24.3 Å². The number of nitrogens with zero attached hydrogens (tertiary/aromatic N) is 1. The van der Waals surface area contributed by atoms with Gasteiger partial charge in [0, 0.05) is 26.9 Å². The SMILES string of the molecule is CCOc1c(C(=O)OC)sc2ccc(NC(=O)c3[nH]nc4c3CCc3ccccc3-4)cc12. The summed E-state index contributed by atoms with van der Waals surface area (Å²) in [6.45, 7) is 2.27. The van der Waals surface area contributed by atoms with E-state index in [-0.39, 0.29) is 5.91 Å². The number of amides is 1. The molecule has 0 saturated carbocycles.